The van der Waals surface area contributed by atoms with Crippen LogP contribution < -0.4 is 11.1 Å². The lowest BCUT2D eigenvalue weighted by Crippen LogP contribution is -2.47. The molecule has 1 aliphatic carbocycles. The molecule has 9 nitrogen and oxygen atoms in total. The largest absolute Gasteiger partial charge is 0.363 e. The number of hydrogen-bond donors (Lipinski definition) is 2. The zero-order valence-electron chi connectivity index (χ0n) is 18.3. The van der Waals surface area contributed by atoms with Crippen LogP contribution in [0.4, 0.5) is 0 Å². The van der Waals surface area contributed by atoms with E-state index < -0.39 is 23.6 Å². The van der Waals surface area contributed by atoms with Gasteiger partial charge in [-0.05, 0) is 43.7 Å². The molecular weight excluding hydrogens is 420 g/mol. The molecule has 2 heterocycles. The minimum atomic E-state index is -1.10. The molecule has 0 radical (unpaired) electrons. The Balaban J connectivity index is 1.54. The molecule has 170 valence electrons. The number of nitrogens with zero attached hydrogens (tertiary/aromatic N) is 4. The Bertz CT molecular complexity index is 1160. The minimum absolute atomic E-state index is 0.142. The first-order chi connectivity index (χ1) is 15.9. The molecule has 3 aromatic rings. The topological polar surface area (TPSA) is 123 Å². The van der Waals surface area contributed by atoms with Crippen molar-refractivity contribution in [3.63, 3.8) is 0 Å². The van der Waals surface area contributed by atoms with E-state index >= 15 is 0 Å². The van der Waals surface area contributed by atoms with Crippen LogP contribution in [0.15, 0.2) is 60.9 Å². The quantitative estimate of drug-likeness (QED) is 0.452. The number of hydrogen-bond acceptors (Lipinski definition) is 6. The normalized spacial score (nSPS) is 14.1. The molecule has 9 heteroatoms. The highest BCUT2D eigenvalue weighted by Crippen LogP contribution is 2.26. The summed E-state index contributed by atoms with van der Waals surface area (Å²) in [5.41, 5.74) is 7.12. The summed E-state index contributed by atoms with van der Waals surface area (Å²) in [6.45, 7) is 0.707. The van der Waals surface area contributed by atoms with Gasteiger partial charge < -0.3 is 11.1 Å². The van der Waals surface area contributed by atoms with E-state index in [9.17, 15) is 14.4 Å². The molecule has 33 heavy (non-hydrogen) atoms. The second kappa shape index (κ2) is 9.74. The number of ketones is 1. The minimum Gasteiger partial charge on any atom is -0.363 e. The fourth-order valence-electron chi connectivity index (χ4n) is 3.69. The van der Waals surface area contributed by atoms with Crippen LogP contribution >= 0.6 is 0 Å². The first-order valence-electron chi connectivity index (χ1n) is 10.8. The molecule has 0 aliphatic heterocycles. The van der Waals surface area contributed by atoms with Crippen molar-refractivity contribution >= 4 is 17.6 Å². The highest BCUT2D eigenvalue weighted by Gasteiger charge is 2.28. The molecule has 2 aromatic heterocycles. The maximum Gasteiger partial charge on any atom is 0.287 e. The van der Waals surface area contributed by atoms with Gasteiger partial charge in [0.1, 0.15) is 6.04 Å². The van der Waals surface area contributed by atoms with Crippen molar-refractivity contribution in [2.24, 2.45) is 5.73 Å². The third kappa shape index (κ3) is 5.50. The molecule has 0 saturated heterocycles. The highest BCUT2D eigenvalue weighted by atomic mass is 16.2. The molecule has 0 bridgehead atoms. The number of rotatable bonds is 10. The van der Waals surface area contributed by atoms with Gasteiger partial charge in [0.2, 0.25) is 5.78 Å². The van der Waals surface area contributed by atoms with Gasteiger partial charge in [-0.3, -0.25) is 19.3 Å². The predicted molar refractivity (Wildman–Crippen MR) is 121 cm³/mol. The molecule has 1 fully saturated rings. The summed E-state index contributed by atoms with van der Waals surface area (Å²) in [5.74, 6) is -2.16. The van der Waals surface area contributed by atoms with Crippen molar-refractivity contribution in [1.82, 2.24) is 25.0 Å². The van der Waals surface area contributed by atoms with E-state index in [1.807, 2.05) is 36.4 Å². The van der Waals surface area contributed by atoms with Gasteiger partial charge in [-0.15, -0.1) is 0 Å². The summed E-state index contributed by atoms with van der Waals surface area (Å²) in [6.07, 6.45) is 5.88. The number of primary amides is 1. The number of pyridine rings is 1. The van der Waals surface area contributed by atoms with Gasteiger partial charge in [0.05, 0.1) is 11.3 Å². The molecule has 3 N–H and O–H groups in total. The Kier molecular flexibility index (Phi) is 6.60. The average molecular weight is 447 g/mol. The van der Waals surface area contributed by atoms with E-state index in [4.69, 9.17) is 5.73 Å². The Labute approximate surface area is 191 Å². The Morgan fingerprint density at radius 2 is 1.91 bits per heavy atom. The van der Waals surface area contributed by atoms with Crippen LogP contribution in [0.3, 0.4) is 0 Å². The number of amides is 2. The van der Waals surface area contributed by atoms with Gasteiger partial charge in [0.25, 0.3) is 11.8 Å². The van der Waals surface area contributed by atoms with Crippen LogP contribution in [-0.2, 0) is 22.6 Å². The highest BCUT2D eigenvalue weighted by molar-refractivity contribution is 6.38. The number of aromatic nitrogens is 3. The molecular formula is C24H26N6O3. The summed E-state index contributed by atoms with van der Waals surface area (Å²) in [6, 6.07) is 13.7. The van der Waals surface area contributed by atoms with Crippen molar-refractivity contribution in [3.05, 3.63) is 77.7 Å². The van der Waals surface area contributed by atoms with E-state index in [1.54, 1.807) is 29.2 Å². The SMILES string of the molecule is CN(Cc1ccn(-c2ncccc2C(=O)NC(Cc2ccccc2)C(=O)C(N)=O)n1)C1CC1. The summed E-state index contributed by atoms with van der Waals surface area (Å²) in [4.78, 5) is 43.7. The summed E-state index contributed by atoms with van der Waals surface area (Å²) < 4.78 is 1.55. The summed E-state index contributed by atoms with van der Waals surface area (Å²) in [7, 11) is 2.07. The fourth-order valence-corrected chi connectivity index (χ4v) is 3.69. The van der Waals surface area contributed by atoms with Crippen molar-refractivity contribution in [2.45, 2.75) is 37.9 Å². The van der Waals surface area contributed by atoms with Crippen LogP contribution in [0.2, 0.25) is 0 Å². The number of nitrogens with one attached hydrogen (secondary N) is 1. The molecule has 1 saturated carbocycles. The molecule has 1 atom stereocenters. The van der Waals surface area contributed by atoms with E-state index in [0.29, 0.717) is 18.4 Å². The van der Waals surface area contributed by atoms with Crippen LogP contribution in [0.25, 0.3) is 5.82 Å². The first kappa shape index (κ1) is 22.3. The second-order valence-corrected chi connectivity index (χ2v) is 8.22. The van der Waals surface area contributed by atoms with Crippen LogP contribution in [0.5, 0.6) is 0 Å². The van der Waals surface area contributed by atoms with Crippen molar-refractivity contribution < 1.29 is 14.4 Å². The van der Waals surface area contributed by atoms with E-state index in [2.05, 4.69) is 27.3 Å². The lowest BCUT2D eigenvalue weighted by atomic mass is 10.0. The predicted octanol–water partition coefficient (Wildman–Crippen LogP) is 1.26. The molecule has 1 aromatic carbocycles. The molecule has 2 amide bonds. The molecule has 4 rings (SSSR count). The van der Waals surface area contributed by atoms with Crippen LogP contribution in [-0.4, -0.2) is 56.4 Å². The number of benzene rings is 1. The first-order valence-corrected chi connectivity index (χ1v) is 10.8. The van der Waals surface area contributed by atoms with E-state index in [1.165, 1.54) is 12.8 Å². The number of nitrogens with two attached hydrogens (primary N) is 1. The van der Waals surface area contributed by atoms with Crippen molar-refractivity contribution in [2.75, 3.05) is 7.05 Å². The zero-order valence-corrected chi connectivity index (χ0v) is 18.3. The smallest absolute Gasteiger partial charge is 0.287 e. The molecule has 1 aliphatic rings. The monoisotopic (exact) mass is 446 g/mol. The zero-order chi connectivity index (χ0) is 23.4. The lowest BCUT2D eigenvalue weighted by Gasteiger charge is -2.17. The third-order valence-corrected chi connectivity index (χ3v) is 5.62. The number of Topliss-reactive ketones (excluding diaryl/α,β-unsaturated/α-hetero) is 1. The Hall–Kier alpha value is -3.85. The van der Waals surface area contributed by atoms with Crippen molar-refractivity contribution in [3.8, 4) is 5.82 Å². The Morgan fingerprint density at radius 1 is 1.15 bits per heavy atom. The van der Waals surface area contributed by atoms with E-state index in [-0.39, 0.29) is 12.0 Å². The van der Waals surface area contributed by atoms with Gasteiger partial charge in [0.15, 0.2) is 5.82 Å². The maximum atomic E-state index is 13.1. The van der Waals surface area contributed by atoms with Gasteiger partial charge in [-0.25, -0.2) is 9.67 Å². The number of carbonyl (C=O) groups is 3. The third-order valence-electron chi connectivity index (χ3n) is 5.62. The van der Waals surface area contributed by atoms with Crippen molar-refractivity contribution in [1.29, 1.82) is 0 Å². The van der Waals surface area contributed by atoms with E-state index in [0.717, 1.165) is 11.3 Å². The maximum absolute atomic E-state index is 13.1. The fraction of sp³-hybridized carbons (Fsp3) is 0.292. The Morgan fingerprint density at radius 3 is 2.61 bits per heavy atom. The molecule has 1 unspecified atom stereocenters. The van der Waals surface area contributed by atoms with Gasteiger partial charge in [-0.2, -0.15) is 5.10 Å². The summed E-state index contributed by atoms with van der Waals surface area (Å²) >= 11 is 0. The second-order valence-electron chi connectivity index (χ2n) is 8.22. The van der Waals surface area contributed by atoms with Gasteiger partial charge >= 0.3 is 0 Å². The standard InChI is InChI=1S/C24H26N6O3/c1-29(18-9-10-18)15-17-11-13-30(28-17)23-19(8-5-12-26-23)24(33)27-20(21(31)22(25)32)14-16-6-3-2-4-7-16/h2-8,11-13,18,20H,9-10,14-15H2,1H3,(H2,25,32)(H,27,33). The van der Waals surface area contributed by atoms with Crippen LogP contribution in [0.1, 0.15) is 34.5 Å². The van der Waals surface area contributed by atoms with Crippen LogP contribution in [0, 0.1) is 0 Å². The van der Waals surface area contributed by atoms with Gasteiger partial charge in [-0.1, -0.05) is 30.3 Å². The average Bonchev–Trinajstić information content (AvgIpc) is 3.58. The summed E-state index contributed by atoms with van der Waals surface area (Å²) in [5, 5.41) is 7.23. The molecule has 0 spiro atoms. The lowest BCUT2D eigenvalue weighted by molar-refractivity contribution is -0.137. The van der Waals surface area contributed by atoms with Gasteiger partial charge in [0, 0.05) is 31.4 Å². The number of carbonyl (C=O) groups excluding carboxylic acids is 3.